The number of likely N-dealkylation sites (N-methyl/N-ethyl adjacent to an activating group) is 1. The number of allylic oxidation sites excluding steroid dienone is 11. The number of nitrogens with zero attached hydrogens (tertiary/aromatic N) is 1. The number of aliphatic hydroxyl groups excluding tert-OH is 1. The second kappa shape index (κ2) is 32.8. The van der Waals surface area contributed by atoms with E-state index < -0.39 is 20.0 Å². The highest BCUT2D eigenvalue weighted by Gasteiger charge is 2.27. The molecular formula is C41H74N2O6P+. The number of carbonyl (C=O) groups excluding carboxylic acids is 1. The Morgan fingerprint density at radius 1 is 0.700 bits per heavy atom. The molecule has 0 heterocycles. The van der Waals surface area contributed by atoms with Crippen molar-refractivity contribution in [2.45, 2.75) is 142 Å². The summed E-state index contributed by atoms with van der Waals surface area (Å²) in [6, 6.07) is -0.902. The van der Waals surface area contributed by atoms with Crippen LogP contribution in [-0.4, -0.2) is 73.4 Å². The van der Waals surface area contributed by atoms with Crippen LogP contribution >= 0.6 is 7.82 Å². The zero-order chi connectivity index (χ0) is 37.2. The third kappa shape index (κ3) is 34.4. The summed E-state index contributed by atoms with van der Waals surface area (Å²) in [7, 11) is 1.50. The molecular weight excluding hydrogens is 647 g/mol. The van der Waals surface area contributed by atoms with Gasteiger partial charge < -0.3 is 19.8 Å². The number of aliphatic hydroxyl groups is 1. The fourth-order valence-corrected chi connectivity index (χ4v) is 5.57. The minimum Gasteiger partial charge on any atom is -0.387 e. The molecule has 0 fully saturated rings. The Morgan fingerprint density at radius 2 is 1.22 bits per heavy atom. The Morgan fingerprint density at radius 3 is 1.82 bits per heavy atom. The van der Waals surface area contributed by atoms with Crippen LogP contribution in [0.1, 0.15) is 129 Å². The first-order chi connectivity index (χ1) is 24.0. The van der Waals surface area contributed by atoms with Gasteiger partial charge in [-0.25, -0.2) is 4.57 Å². The molecule has 0 aromatic carbocycles. The molecule has 1 amide bonds. The predicted molar refractivity (Wildman–Crippen MR) is 212 cm³/mol. The monoisotopic (exact) mass is 722 g/mol. The van der Waals surface area contributed by atoms with Crippen LogP contribution in [0.2, 0.25) is 0 Å². The Hall–Kier alpha value is -2.06. The molecule has 288 valence electrons. The van der Waals surface area contributed by atoms with Crippen molar-refractivity contribution < 1.29 is 32.9 Å². The zero-order valence-electron chi connectivity index (χ0n) is 32.4. The quantitative estimate of drug-likeness (QED) is 0.0270. The fourth-order valence-electron chi connectivity index (χ4n) is 4.83. The number of hydrogen-bond acceptors (Lipinski definition) is 5. The lowest BCUT2D eigenvalue weighted by Gasteiger charge is -2.25. The molecule has 0 aliphatic rings. The van der Waals surface area contributed by atoms with Crippen molar-refractivity contribution >= 4 is 13.7 Å². The average Bonchev–Trinajstić information content (AvgIpc) is 3.06. The maximum absolute atomic E-state index is 12.7. The third-order valence-corrected chi connectivity index (χ3v) is 8.91. The lowest BCUT2D eigenvalue weighted by molar-refractivity contribution is -0.870. The summed E-state index contributed by atoms with van der Waals surface area (Å²) in [4.78, 5) is 22.9. The van der Waals surface area contributed by atoms with Gasteiger partial charge in [0.15, 0.2) is 0 Å². The molecule has 3 atom stereocenters. The van der Waals surface area contributed by atoms with E-state index in [9.17, 15) is 19.4 Å². The van der Waals surface area contributed by atoms with Gasteiger partial charge in [0.05, 0.1) is 39.9 Å². The van der Waals surface area contributed by atoms with Crippen LogP contribution in [0.3, 0.4) is 0 Å². The minimum absolute atomic E-state index is 0.0400. The molecule has 0 aromatic rings. The Kier molecular flexibility index (Phi) is 31.5. The van der Waals surface area contributed by atoms with Crippen molar-refractivity contribution in [1.82, 2.24) is 5.32 Å². The Labute approximate surface area is 306 Å². The van der Waals surface area contributed by atoms with Crippen LogP contribution in [0.25, 0.3) is 0 Å². The van der Waals surface area contributed by atoms with Gasteiger partial charge in [0.25, 0.3) is 0 Å². The molecule has 0 aromatic heterocycles. The lowest BCUT2D eigenvalue weighted by atomic mass is 10.1. The highest BCUT2D eigenvalue weighted by Crippen LogP contribution is 2.43. The molecule has 0 spiro atoms. The van der Waals surface area contributed by atoms with Crippen LogP contribution in [0, 0.1) is 0 Å². The van der Waals surface area contributed by atoms with E-state index in [2.05, 4.69) is 67.8 Å². The maximum atomic E-state index is 12.7. The third-order valence-electron chi connectivity index (χ3n) is 7.92. The summed E-state index contributed by atoms with van der Waals surface area (Å²) in [6.07, 6.45) is 42.8. The number of phosphoric ester groups is 1. The van der Waals surface area contributed by atoms with Crippen molar-refractivity contribution in [3.05, 3.63) is 72.9 Å². The van der Waals surface area contributed by atoms with Gasteiger partial charge in [0, 0.05) is 6.42 Å². The molecule has 3 unspecified atom stereocenters. The highest BCUT2D eigenvalue weighted by atomic mass is 31.2. The van der Waals surface area contributed by atoms with Gasteiger partial charge in [-0.3, -0.25) is 13.8 Å². The minimum atomic E-state index is -4.36. The van der Waals surface area contributed by atoms with Crippen LogP contribution in [0.15, 0.2) is 72.9 Å². The number of amides is 1. The van der Waals surface area contributed by atoms with E-state index in [1.54, 1.807) is 6.08 Å². The zero-order valence-corrected chi connectivity index (χ0v) is 33.2. The molecule has 50 heavy (non-hydrogen) atoms. The van der Waals surface area contributed by atoms with Crippen molar-refractivity contribution in [2.75, 3.05) is 40.9 Å². The normalized spacial score (nSPS) is 15.4. The molecule has 3 N–H and O–H groups in total. The highest BCUT2D eigenvalue weighted by molar-refractivity contribution is 7.47. The lowest BCUT2D eigenvalue weighted by Crippen LogP contribution is -2.45. The van der Waals surface area contributed by atoms with Gasteiger partial charge in [0.2, 0.25) is 5.91 Å². The van der Waals surface area contributed by atoms with Crippen LogP contribution in [-0.2, 0) is 18.4 Å². The summed E-state index contributed by atoms with van der Waals surface area (Å²) in [5, 5.41) is 13.7. The van der Waals surface area contributed by atoms with Crippen LogP contribution in [0.4, 0.5) is 0 Å². The average molecular weight is 722 g/mol. The fraction of sp³-hybridized carbons (Fsp3) is 0.683. The van der Waals surface area contributed by atoms with Crippen molar-refractivity contribution in [3.8, 4) is 0 Å². The van der Waals surface area contributed by atoms with Crippen LogP contribution in [0.5, 0.6) is 0 Å². The molecule has 8 nitrogen and oxygen atoms in total. The Balaban J connectivity index is 4.72. The van der Waals surface area contributed by atoms with Crippen molar-refractivity contribution in [3.63, 3.8) is 0 Å². The van der Waals surface area contributed by atoms with E-state index in [1.165, 1.54) is 57.8 Å². The van der Waals surface area contributed by atoms with Gasteiger partial charge in [0.1, 0.15) is 13.2 Å². The number of unbranched alkanes of at least 4 members (excludes halogenated alkanes) is 10. The largest absolute Gasteiger partial charge is 0.472 e. The summed E-state index contributed by atoms with van der Waals surface area (Å²) in [5.74, 6) is -0.272. The molecule has 0 saturated carbocycles. The summed E-state index contributed by atoms with van der Waals surface area (Å²) in [5.41, 5.74) is 0. The van der Waals surface area contributed by atoms with E-state index in [0.29, 0.717) is 17.4 Å². The number of quaternary nitrogens is 1. The second-order valence-electron chi connectivity index (χ2n) is 13.9. The Bertz CT molecular complexity index is 1040. The molecule has 0 bridgehead atoms. The molecule has 0 radical (unpaired) electrons. The molecule has 0 rings (SSSR count). The van der Waals surface area contributed by atoms with Gasteiger partial charge in [-0.05, 0) is 57.8 Å². The SMILES string of the molecule is CC/C=C\C/C=C\C/C=C\C/C=C\CCC(=O)NC(COP(=O)(O)OCC[N+](C)(C)C)C(O)/C=C/CC/C=C/CCCCCCCCCCC. The second-order valence-corrected chi connectivity index (χ2v) is 15.4. The van der Waals surface area contributed by atoms with E-state index in [1.807, 2.05) is 39.4 Å². The van der Waals surface area contributed by atoms with E-state index >= 15 is 0 Å². The summed E-state index contributed by atoms with van der Waals surface area (Å²) < 4.78 is 23.4. The number of phosphoric acid groups is 1. The smallest absolute Gasteiger partial charge is 0.387 e. The molecule has 0 saturated heterocycles. The first-order valence-electron chi connectivity index (χ1n) is 19.3. The maximum Gasteiger partial charge on any atom is 0.472 e. The van der Waals surface area contributed by atoms with Gasteiger partial charge in [-0.15, -0.1) is 0 Å². The first kappa shape index (κ1) is 47.9. The van der Waals surface area contributed by atoms with Gasteiger partial charge in [-0.2, -0.15) is 0 Å². The van der Waals surface area contributed by atoms with Gasteiger partial charge in [-0.1, -0.05) is 138 Å². The van der Waals surface area contributed by atoms with Gasteiger partial charge >= 0.3 is 7.82 Å². The molecule has 9 heteroatoms. The van der Waals surface area contributed by atoms with E-state index in [-0.39, 0.29) is 25.5 Å². The summed E-state index contributed by atoms with van der Waals surface area (Å²) in [6.45, 7) is 4.57. The number of rotatable bonds is 33. The molecule has 0 aliphatic carbocycles. The predicted octanol–water partition coefficient (Wildman–Crippen LogP) is 10.1. The van der Waals surface area contributed by atoms with Crippen molar-refractivity contribution in [2.24, 2.45) is 0 Å². The van der Waals surface area contributed by atoms with Crippen LogP contribution < -0.4 is 5.32 Å². The van der Waals surface area contributed by atoms with E-state index in [4.69, 9.17) is 9.05 Å². The number of hydrogen-bond donors (Lipinski definition) is 3. The summed E-state index contributed by atoms with van der Waals surface area (Å²) >= 11 is 0. The standard InChI is InChI=1S/C41H73N2O6P/c1-6-8-10-12-14-16-18-20-21-23-24-26-28-30-32-34-40(44)39(38-49-50(46,47)48-37-36-43(3,4)5)42-41(45)35-33-31-29-27-25-22-19-17-15-13-11-9-7-2/h9,11,15,17,22,24-26,29,31-32,34,39-40,44H,6-8,10,12-14,16,18-21,23,27-28,30,33,35-38H2,1-5H3,(H-,42,45,46,47)/p+1/b11-9-,17-15-,25-22-,26-24+,31-29-,34-32+. The first-order valence-corrected chi connectivity index (χ1v) is 20.8. The topological polar surface area (TPSA) is 105 Å². The van der Waals surface area contributed by atoms with E-state index in [0.717, 1.165) is 44.9 Å². The molecule has 0 aliphatic heterocycles. The number of nitrogens with one attached hydrogen (secondary N) is 1. The number of carbonyl (C=O) groups is 1. The van der Waals surface area contributed by atoms with Crippen molar-refractivity contribution in [1.29, 1.82) is 0 Å².